The fraction of sp³-hybridized carbons (Fsp3) is 0.737. The summed E-state index contributed by atoms with van der Waals surface area (Å²) in [7, 11) is 0. The van der Waals surface area contributed by atoms with Crippen LogP contribution in [0.5, 0.6) is 0 Å². The van der Waals surface area contributed by atoms with E-state index in [9.17, 15) is 4.79 Å². The van der Waals surface area contributed by atoms with Crippen molar-refractivity contribution >= 4 is 11.7 Å². The van der Waals surface area contributed by atoms with Crippen molar-refractivity contribution in [3.05, 3.63) is 18.6 Å². The highest BCUT2D eigenvalue weighted by Gasteiger charge is 2.26. The van der Waals surface area contributed by atoms with Gasteiger partial charge in [0.1, 0.15) is 5.82 Å². The smallest absolute Gasteiger partial charge is 0.224 e. The van der Waals surface area contributed by atoms with E-state index in [0.29, 0.717) is 31.7 Å². The molecule has 138 valence electrons. The highest BCUT2D eigenvalue weighted by atomic mass is 16.5. The van der Waals surface area contributed by atoms with Gasteiger partial charge in [0.25, 0.3) is 0 Å². The number of rotatable bonds is 6. The molecule has 3 unspecified atom stereocenters. The molecule has 2 heterocycles. The van der Waals surface area contributed by atoms with Gasteiger partial charge in [-0.3, -0.25) is 9.78 Å². The molecule has 1 aromatic rings. The quantitative estimate of drug-likeness (QED) is 0.801. The maximum Gasteiger partial charge on any atom is 0.224 e. The number of nitrogens with zero attached hydrogens (tertiary/aromatic N) is 3. The van der Waals surface area contributed by atoms with Gasteiger partial charge in [0.2, 0.25) is 5.91 Å². The molecule has 6 nitrogen and oxygen atoms in total. The minimum absolute atomic E-state index is 0.0179. The average molecular weight is 346 g/mol. The first-order chi connectivity index (χ1) is 12.2. The van der Waals surface area contributed by atoms with Gasteiger partial charge >= 0.3 is 0 Å². The van der Waals surface area contributed by atoms with E-state index in [1.807, 2.05) is 0 Å². The molecule has 1 aliphatic carbocycles. The van der Waals surface area contributed by atoms with Crippen LogP contribution in [-0.2, 0) is 9.53 Å². The zero-order chi connectivity index (χ0) is 17.5. The monoisotopic (exact) mass is 346 g/mol. The van der Waals surface area contributed by atoms with Crippen molar-refractivity contribution in [1.29, 1.82) is 0 Å². The van der Waals surface area contributed by atoms with Gasteiger partial charge in [-0.25, -0.2) is 4.98 Å². The lowest BCUT2D eigenvalue weighted by Gasteiger charge is -2.32. The molecule has 1 N–H and O–H groups in total. The number of anilines is 1. The van der Waals surface area contributed by atoms with E-state index in [1.54, 1.807) is 18.6 Å². The predicted octanol–water partition coefficient (Wildman–Crippen LogP) is 2.40. The predicted molar refractivity (Wildman–Crippen MR) is 97.4 cm³/mol. The number of carbonyl (C=O) groups is 1. The van der Waals surface area contributed by atoms with Gasteiger partial charge < -0.3 is 15.0 Å². The third-order valence-electron chi connectivity index (χ3n) is 5.43. The Bertz CT molecular complexity index is 539. The normalized spacial score (nSPS) is 27.1. The Morgan fingerprint density at radius 1 is 1.28 bits per heavy atom. The van der Waals surface area contributed by atoms with Crippen molar-refractivity contribution in [2.75, 3.05) is 31.1 Å². The zero-order valence-electron chi connectivity index (χ0n) is 15.2. The standard InChI is InChI=1S/C19H30N4O2/c1-15-5-2-3-7-17(15)25-12-10-22-19(24)16-6-4-11-23(14-16)18-13-20-8-9-21-18/h8-9,13,15-17H,2-7,10-12,14H2,1H3,(H,22,24). The maximum absolute atomic E-state index is 12.5. The van der Waals surface area contributed by atoms with Crippen LogP contribution in [0.25, 0.3) is 0 Å². The number of hydrogen-bond donors (Lipinski definition) is 1. The Labute approximate surface area is 150 Å². The van der Waals surface area contributed by atoms with Crippen LogP contribution in [-0.4, -0.2) is 48.2 Å². The molecule has 1 aliphatic heterocycles. The second-order valence-corrected chi connectivity index (χ2v) is 7.31. The zero-order valence-corrected chi connectivity index (χ0v) is 15.2. The van der Waals surface area contributed by atoms with Crippen molar-refractivity contribution < 1.29 is 9.53 Å². The molecule has 3 atom stereocenters. The lowest BCUT2D eigenvalue weighted by Crippen LogP contribution is -2.44. The van der Waals surface area contributed by atoms with Crippen LogP contribution in [0.1, 0.15) is 45.4 Å². The van der Waals surface area contributed by atoms with Crippen LogP contribution in [0.2, 0.25) is 0 Å². The summed E-state index contributed by atoms with van der Waals surface area (Å²) in [6, 6.07) is 0. The Balaban J connectivity index is 1.39. The minimum atomic E-state index is 0.0179. The highest BCUT2D eigenvalue weighted by molar-refractivity contribution is 5.79. The van der Waals surface area contributed by atoms with E-state index in [1.165, 1.54) is 19.3 Å². The van der Waals surface area contributed by atoms with E-state index in [-0.39, 0.29) is 11.8 Å². The molecule has 0 radical (unpaired) electrons. The lowest BCUT2D eigenvalue weighted by atomic mass is 9.88. The van der Waals surface area contributed by atoms with Gasteiger partial charge in [0.05, 0.1) is 24.8 Å². The van der Waals surface area contributed by atoms with Crippen LogP contribution in [0.3, 0.4) is 0 Å². The molecule has 1 amide bonds. The number of nitrogens with one attached hydrogen (secondary N) is 1. The molecule has 1 saturated heterocycles. The maximum atomic E-state index is 12.5. The van der Waals surface area contributed by atoms with Crippen molar-refractivity contribution in [2.45, 2.75) is 51.6 Å². The van der Waals surface area contributed by atoms with Gasteiger partial charge in [-0.1, -0.05) is 19.8 Å². The molecule has 1 saturated carbocycles. The van der Waals surface area contributed by atoms with Gasteiger partial charge in [-0.15, -0.1) is 0 Å². The molecular formula is C19H30N4O2. The molecule has 25 heavy (non-hydrogen) atoms. The number of aromatic nitrogens is 2. The van der Waals surface area contributed by atoms with E-state index < -0.39 is 0 Å². The van der Waals surface area contributed by atoms with E-state index in [2.05, 4.69) is 27.1 Å². The van der Waals surface area contributed by atoms with E-state index in [4.69, 9.17) is 4.74 Å². The molecule has 3 rings (SSSR count). The Morgan fingerprint density at radius 2 is 2.16 bits per heavy atom. The molecule has 0 spiro atoms. The molecule has 2 fully saturated rings. The third kappa shape index (κ3) is 5.14. The second-order valence-electron chi connectivity index (χ2n) is 7.31. The number of amides is 1. The Kier molecular flexibility index (Phi) is 6.62. The van der Waals surface area contributed by atoms with Gasteiger partial charge in [-0.05, 0) is 31.6 Å². The number of hydrogen-bond acceptors (Lipinski definition) is 5. The number of piperidine rings is 1. The van der Waals surface area contributed by atoms with Gasteiger partial charge in [0.15, 0.2) is 0 Å². The number of ether oxygens (including phenoxy) is 1. The average Bonchev–Trinajstić information content (AvgIpc) is 2.67. The van der Waals surface area contributed by atoms with Crippen molar-refractivity contribution in [2.24, 2.45) is 11.8 Å². The summed E-state index contributed by atoms with van der Waals surface area (Å²) < 4.78 is 5.98. The summed E-state index contributed by atoms with van der Waals surface area (Å²) in [6.45, 7) is 5.13. The third-order valence-corrected chi connectivity index (χ3v) is 5.43. The minimum Gasteiger partial charge on any atom is -0.376 e. The summed E-state index contributed by atoms with van der Waals surface area (Å²) in [5.74, 6) is 1.65. The molecular weight excluding hydrogens is 316 g/mol. The van der Waals surface area contributed by atoms with Crippen molar-refractivity contribution in [3.63, 3.8) is 0 Å². The van der Waals surface area contributed by atoms with E-state index >= 15 is 0 Å². The van der Waals surface area contributed by atoms with Gasteiger partial charge in [0, 0.05) is 32.0 Å². The largest absolute Gasteiger partial charge is 0.376 e. The summed E-state index contributed by atoms with van der Waals surface area (Å²) in [5, 5.41) is 3.05. The topological polar surface area (TPSA) is 67.3 Å². The molecule has 1 aromatic heterocycles. The molecule has 2 aliphatic rings. The summed E-state index contributed by atoms with van der Waals surface area (Å²) >= 11 is 0. The van der Waals surface area contributed by atoms with Crippen LogP contribution in [0.4, 0.5) is 5.82 Å². The summed E-state index contributed by atoms with van der Waals surface area (Å²) in [5.41, 5.74) is 0. The summed E-state index contributed by atoms with van der Waals surface area (Å²) in [4.78, 5) is 23.1. The fourth-order valence-corrected chi connectivity index (χ4v) is 3.91. The highest BCUT2D eigenvalue weighted by Crippen LogP contribution is 2.26. The van der Waals surface area contributed by atoms with Crippen molar-refractivity contribution in [1.82, 2.24) is 15.3 Å². The molecule has 0 aromatic carbocycles. The van der Waals surface area contributed by atoms with E-state index in [0.717, 1.165) is 31.6 Å². The lowest BCUT2D eigenvalue weighted by molar-refractivity contribution is -0.125. The fourth-order valence-electron chi connectivity index (χ4n) is 3.91. The van der Waals surface area contributed by atoms with Crippen LogP contribution in [0.15, 0.2) is 18.6 Å². The van der Waals surface area contributed by atoms with Crippen molar-refractivity contribution in [3.8, 4) is 0 Å². The van der Waals surface area contributed by atoms with Crippen LogP contribution >= 0.6 is 0 Å². The first-order valence-corrected chi connectivity index (χ1v) is 9.64. The van der Waals surface area contributed by atoms with Crippen LogP contribution in [0, 0.1) is 11.8 Å². The van der Waals surface area contributed by atoms with Crippen LogP contribution < -0.4 is 10.2 Å². The molecule has 0 bridgehead atoms. The number of carbonyl (C=O) groups excluding carboxylic acids is 1. The summed E-state index contributed by atoms with van der Waals surface area (Å²) in [6.07, 6.45) is 12.4. The SMILES string of the molecule is CC1CCCCC1OCCNC(=O)C1CCCN(c2cnccn2)C1. The Hall–Kier alpha value is -1.69. The first kappa shape index (κ1) is 18.1. The molecule has 6 heteroatoms. The second kappa shape index (κ2) is 9.13. The Morgan fingerprint density at radius 3 is 2.96 bits per heavy atom. The first-order valence-electron chi connectivity index (χ1n) is 9.64. The van der Waals surface area contributed by atoms with Gasteiger partial charge in [-0.2, -0.15) is 0 Å².